The maximum atomic E-state index is 11.8. The molecule has 0 spiro atoms. The van der Waals surface area contributed by atoms with Crippen LogP contribution >= 0.6 is 11.3 Å². The summed E-state index contributed by atoms with van der Waals surface area (Å²) >= 11 is 1.88. The van der Waals surface area contributed by atoms with E-state index in [4.69, 9.17) is 0 Å². The van der Waals surface area contributed by atoms with Gasteiger partial charge in [-0.3, -0.25) is 14.4 Å². The van der Waals surface area contributed by atoms with Crippen molar-refractivity contribution < 1.29 is 4.79 Å². The van der Waals surface area contributed by atoms with E-state index in [-0.39, 0.29) is 11.8 Å². The molecule has 24 heavy (non-hydrogen) atoms. The van der Waals surface area contributed by atoms with E-state index in [2.05, 4.69) is 45.1 Å². The summed E-state index contributed by atoms with van der Waals surface area (Å²) in [6.45, 7) is 5.83. The molecule has 1 aliphatic carbocycles. The number of rotatable bonds is 6. The number of aromatic nitrogens is 2. The second-order valence-corrected chi connectivity index (χ2v) is 8.33. The normalized spacial score (nSPS) is 20.8. The van der Waals surface area contributed by atoms with Crippen molar-refractivity contribution >= 4 is 17.2 Å². The van der Waals surface area contributed by atoms with Gasteiger partial charge in [-0.2, -0.15) is 5.10 Å². The molecule has 1 aliphatic heterocycles. The number of nitrogens with one attached hydrogen (secondary N) is 1. The molecular formula is C18H24N4OS. The fourth-order valence-corrected chi connectivity index (χ4v) is 4.37. The molecule has 1 unspecified atom stereocenters. The van der Waals surface area contributed by atoms with Crippen molar-refractivity contribution in [2.75, 3.05) is 13.1 Å². The Morgan fingerprint density at radius 3 is 3.00 bits per heavy atom. The first kappa shape index (κ1) is 15.8. The second-order valence-electron chi connectivity index (χ2n) is 6.96. The summed E-state index contributed by atoms with van der Waals surface area (Å²) in [5.74, 6) is 0.521. The molecule has 2 aromatic rings. The number of fused-ring (bicyclic) bond motifs is 1. The third kappa shape index (κ3) is 3.54. The molecule has 1 amide bonds. The van der Waals surface area contributed by atoms with E-state index >= 15 is 0 Å². The van der Waals surface area contributed by atoms with Crippen LogP contribution in [0.1, 0.15) is 40.8 Å². The first-order chi connectivity index (χ1) is 11.7. The molecule has 1 saturated carbocycles. The second kappa shape index (κ2) is 6.69. The van der Waals surface area contributed by atoms with Crippen LogP contribution in [0.2, 0.25) is 0 Å². The lowest BCUT2D eigenvalue weighted by atomic mass is 10.1. The van der Waals surface area contributed by atoms with Gasteiger partial charge >= 0.3 is 0 Å². The highest BCUT2D eigenvalue weighted by Crippen LogP contribution is 2.29. The molecule has 0 saturated heterocycles. The molecule has 1 N–H and O–H groups in total. The Labute approximate surface area is 146 Å². The Balaban J connectivity index is 1.38. The highest BCUT2D eigenvalue weighted by Gasteiger charge is 2.30. The molecule has 5 nitrogen and oxygen atoms in total. The van der Waals surface area contributed by atoms with E-state index in [1.165, 1.54) is 15.4 Å². The van der Waals surface area contributed by atoms with Crippen LogP contribution < -0.4 is 5.32 Å². The van der Waals surface area contributed by atoms with E-state index in [1.54, 1.807) is 0 Å². The lowest BCUT2D eigenvalue weighted by molar-refractivity contribution is -0.122. The van der Waals surface area contributed by atoms with Crippen molar-refractivity contribution in [1.29, 1.82) is 0 Å². The number of hydrogen-bond donors (Lipinski definition) is 1. The fraction of sp³-hybridized carbons (Fsp3) is 0.556. The summed E-state index contributed by atoms with van der Waals surface area (Å²) < 4.78 is 2.15. The minimum atomic E-state index is 0.234. The van der Waals surface area contributed by atoms with Crippen molar-refractivity contribution in [2.45, 2.75) is 45.3 Å². The number of amides is 1. The summed E-state index contributed by atoms with van der Waals surface area (Å²) in [5, 5.41) is 7.60. The van der Waals surface area contributed by atoms with Gasteiger partial charge in [0.25, 0.3) is 0 Å². The van der Waals surface area contributed by atoms with Gasteiger partial charge in [0.1, 0.15) is 0 Å². The van der Waals surface area contributed by atoms with Crippen LogP contribution in [0.5, 0.6) is 0 Å². The number of carbonyl (C=O) groups is 1. The maximum absolute atomic E-state index is 11.8. The predicted molar refractivity (Wildman–Crippen MR) is 94.8 cm³/mol. The van der Waals surface area contributed by atoms with Crippen LogP contribution in [-0.4, -0.2) is 33.7 Å². The van der Waals surface area contributed by atoms with Crippen LogP contribution in [0.15, 0.2) is 24.4 Å². The van der Waals surface area contributed by atoms with Gasteiger partial charge in [0.2, 0.25) is 5.91 Å². The van der Waals surface area contributed by atoms with E-state index in [9.17, 15) is 4.79 Å². The van der Waals surface area contributed by atoms with Crippen LogP contribution in [-0.2, 0) is 17.9 Å². The molecular weight excluding hydrogens is 320 g/mol. The first-order valence-corrected chi connectivity index (χ1v) is 9.58. The van der Waals surface area contributed by atoms with Gasteiger partial charge in [0, 0.05) is 48.0 Å². The monoisotopic (exact) mass is 344 g/mol. The minimum Gasteiger partial charge on any atom is -0.356 e. The Kier molecular flexibility index (Phi) is 4.41. The topological polar surface area (TPSA) is 50.2 Å². The Bertz CT molecular complexity index is 718. The molecule has 1 atom stereocenters. The highest BCUT2D eigenvalue weighted by atomic mass is 32.1. The number of carbonyl (C=O) groups excluding carboxylic acids is 1. The van der Waals surface area contributed by atoms with Crippen LogP contribution in [0.4, 0.5) is 0 Å². The molecule has 128 valence electrons. The summed E-state index contributed by atoms with van der Waals surface area (Å²) in [7, 11) is 0. The van der Waals surface area contributed by atoms with E-state index in [0.29, 0.717) is 6.04 Å². The Morgan fingerprint density at radius 2 is 2.25 bits per heavy atom. The molecule has 4 rings (SSSR count). The Morgan fingerprint density at radius 1 is 1.38 bits per heavy atom. The highest BCUT2D eigenvalue weighted by molar-refractivity contribution is 7.11. The first-order valence-electron chi connectivity index (χ1n) is 8.77. The zero-order valence-electron chi connectivity index (χ0n) is 14.1. The van der Waals surface area contributed by atoms with Gasteiger partial charge in [0.05, 0.1) is 11.7 Å². The zero-order chi connectivity index (χ0) is 16.5. The number of thiophene rings is 1. The van der Waals surface area contributed by atoms with Gasteiger partial charge < -0.3 is 5.32 Å². The SMILES string of the molecule is Cc1ccc(CN2Cc3ccnn3C(CCNC(=O)C3CC3)C2)s1. The maximum Gasteiger partial charge on any atom is 0.223 e. The number of aryl methyl sites for hydroxylation is 1. The van der Waals surface area contributed by atoms with Gasteiger partial charge in [-0.05, 0) is 44.4 Å². The van der Waals surface area contributed by atoms with Gasteiger partial charge in [-0.1, -0.05) is 0 Å². The van der Waals surface area contributed by atoms with Crippen molar-refractivity contribution in [1.82, 2.24) is 20.0 Å². The summed E-state index contributed by atoms with van der Waals surface area (Å²) in [6.07, 6.45) is 4.95. The molecule has 6 heteroatoms. The van der Waals surface area contributed by atoms with Gasteiger partial charge in [-0.15, -0.1) is 11.3 Å². The van der Waals surface area contributed by atoms with Crippen LogP contribution in [0.3, 0.4) is 0 Å². The molecule has 2 aliphatic rings. The fourth-order valence-electron chi connectivity index (χ4n) is 3.44. The molecule has 1 fully saturated rings. The minimum absolute atomic E-state index is 0.234. The largest absolute Gasteiger partial charge is 0.356 e. The van der Waals surface area contributed by atoms with Gasteiger partial charge in [0.15, 0.2) is 0 Å². The van der Waals surface area contributed by atoms with Crippen molar-refractivity contribution in [3.63, 3.8) is 0 Å². The van der Waals surface area contributed by atoms with E-state index in [0.717, 1.165) is 45.4 Å². The molecule has 2 aromatic heterocycles. The Hall–Kier alpha value is -1.66. The smallest absolute Gasteiger partial charge is 0.223 e. The molecule has 0 aromatic carbocycles. The summed E-state index contributed by atoms with van der Waals surface area (Å²) in [4.78, 5) is 17.1. The van der Waals surface area contributed by atoms with Crippen molar-refractivity contribution in [3.05, 3.63) is 39.8 Å². The average molecular weight is 344 g/mol. The predicted octanol–water partition coefficient (Wildman–Crippen LogP) is 2.73. The zero-order valence-corrected chi connectivity index (χ0v) is 14.9. The molecule has 0 radical (unpaired) electrons. The lowest BCUT2D eigenvalue weighted by Crippen LogP contribution is -2.39. The average Bonchev–Trinajstić information content (AvgIpc) is 3.18. The van der Waals surface area contributed by atoms with Crippen molar-refractivity contribution in [2.24, 2.45) is 5.92 Å². The lowest BCUT2D eigenvalue weighted by Gasteiger charge is -2.33. The quantitative estimate of drug-likeness (QED) is 0.877. The van der Waals surface area contributed by atoms with Crippen molar-refractivity contribution in [3.8, 4) is 0 Å². The van der Waals surface area contributed by atoms with Crippen LogP contribution in [0, 0.1) is 12.8 Å². The van der Waals surface area contributed by atoms with E-state index < -0.39 is 0 Å². The number of nitrogens with zero attached hydrogens (tertiary/aromatic N) is 3. The van der Waals surface area contributed by atoms with Gasteiger partial charge in [-0.25, -0.2) is 0 Å². The third-order valence-corrected chi connectivity index (χ3v) is 5.84. The molecule has 0 bridgehead atoms. The third-order valence-electron chi connectivity index (χ3n) is 4.85. The summed E-state index contributed by atoms with van der Waals surface area (Å²) in [5.41, 5.74) is 1.27. The molecule has 3 heterocycles. The standard InChI is InChI=1S/C18H24N4OS/c1-13-2-5-17(24-13)12-21-10-15(22-16(11-21)7-9-20-22)6-8-19-18(23)14-3-4-14/h2,5,7,9,14-15H,3-4,6,8,10-12H2,1H3,(H,19,23). The summed E-state index contributed by atoms with van der Waals surface area (Å²) in [6, 6.07) is 6.88. The number of hydrogen-bond acceptors (Lipinski definition) is 4. The van der Waals surface area contributed by atoms with E-state index in [1.807, 2.05) is 17.5 Å². The van der Waals surface area contributed by atoms with Crippen LogP contribution in [0.25, 0.3) is 0 Å².